The predicted molar refractivity (Wildman–Crippen MR) is 166 cm³/mol. The summed E-state index contributed by atoms with van der Waals surface area (Å²) in [5, 5.41) is 3.23. The van der Waals surface area contributed by atoms with E-state index in [1.54, 1.807) is 34.9 Å². The lowest BCUT2D eigenvalue weighted by molar-refractivity contribution is -0.149. The Morgan fingerprint density at radius 3 is 2.67 bits per heavy atom. The Morgan fingerprint density at radius 1 is 1.15 bits per heavy atom. The summed E-state index contributed by atoms with van der Waals surface area (Å²) in [4.78, 5) is 25.6. The van der Waals surface area contributed by atoms with Crippen LogP contribution in [-0.4, -0.2) is 60.0 Å². The van der Waals surface area contributed by atoms with Crippen molar-refractivity contribution in [3.05, 3.63) is 71.3 Å². The van der Waals surface area contributed by atoms with E-state index in [9.17, 15) is 17.8 Å². The van der Waals surface area contributed by atoms with Gasteiger partial charge in [-0.3, -0.25) is 13.8 Å². The number of ether oxygens (including phenoxy) is 3. The van der Waals surface area contributed by atoms with Crippen molar-refractivity contribution in [2.24, 2.45) is 5.92 Å². The number of hydrogen-bond donors (Lipinski definition) is 2. The maximum Gasteiger partial charge on any atom is 0.459 e. The van der Waals surface area contributed by atoms with Crippen LogP contribution < -0.4 is 19.1 Å². The van der Waals surface area contributed by atoms with E-state index < -0.39 is 42.1 Å². The van der Waals surface area contributed by atoms with E-state index in [0.717, 1.165) is 6.26 Å². The van der Waals surface area contributed by atoms with Crippen LogP contribution in [0.3, 0.4) is 0 Å². The van der Waals surface area contributed by atoms with Gasteiger partial charge in [-0.1, -0.05) is 30.7 Å². The zero-order valence-electron chi connectivity index (χ0n) is 24.8. The largest absolute Gasteiger partial charge is 0.496 e. The minimum Gasteiger partial charge on any atom is -0.496 e. The van der Waals surface area contributed by atoms with Crippen molar-refractivity contribution in [3.63, 3.8) is 0 Å². The normalized spacial score (nSPS) is 22.6. The molecule has 2 aliphatic heterocycles. The molecule has 0 spiro atoms. The van der Waals surface area contributed by atoms with E-state index in [4.69, 9.17) is 34.9 Å². The van der Waals surface area contributed by atoms with Crippen molar-refractivity contribution in [1.82, 2.24) is 24.6 Å². The number of carbonyl (C=O) groups excluding carboxylic acids is 1. The van der Waals surface area contributed by atoms with Crippen molar-refractivity contribution in [1.29, 1.82) is 0 Å². The molecule has 46 heavy (non-hydrogen) atoms. The Hall–Kier alpha value is -3.79. The van der Waals surface area contributed by atoms with Gasteiger partial charge in [0.15, 0.2) is 17.0 Å². The lowest BCUT2D eigenvalue weighted by atomic mass is 9.98. The number of esters is 1. The number of hydrogen-bond acceptors (Lipinski definition) is 12. The number of fused-ring (bicyclic) bond motifs is 2. The van der Waals surface area contributed by atoms with Crippen molar-refractivity contribution in [3.8, 4) is 11.5 Å². The molecule has 5 unspecified atom stereocenters. The van der Waals surface area contributed by atoms with Crippen LogP contribution in [0.5, 0.6) is 11.5 Å². The van der Waals surface area contributed by atoms with Crippen molar-refractivity contribution in [2.75, 3.05) is 24.7 Å². The summed E-state index contributed by atoms with van der Waals surface area (Å²) in [6, 6.07) is 10.2. The van der Waals surface area contributed by atoms with E-state index in [2.05, 4.69) is 24.8 Å². The molecule has 1 fully saturated rings. The average Bonchev–Trinajstić information content (AvgIpc) is 3.61. The van der Waals surface area contributed by atoms with Gasteiger partial charge in [-0.25, -0.2) is 32.7 Å². The molecule has 15 nitrogen and oxygen atoms in total. The summed E-state index contributed by atoms with van der Waals surface area (Å²) < 4.78 is 70.9. The van der Waals surface area contributed by atoms with Gasteiger partial charge in [-0.05, 0) is 42.3 Å². The molecule has 2 aromatic heterocycles. The molecule has 0 amide bonds. The molecule has 6 rings (SSSR count). The number of benzene rings is 2. The van der Waals surface area contributed by atoms with Crippen LogP contribution in [0.25, 0.3) is 11.2 Å². The van der Waals surface area contributed by atoms with Gasteiger partial charge < -0.3 is 18.7 Å². The zero-order valence-corrected chi connectivity index (χ0v) is 27.3. The fourth-order valence-corrected chi connectivity index (χ4v) is 7.52. The fourth-order valence-electron chi connectivity index (χ4n) is 5.39. The third-order valence-corrected chi connectivity index (χ3v) is 9.75. The molecule has 4 aromatic rings. The smallest absolute Gasteiger partial charge is 0.459 e. The first kappa shape index (κ1) is 32.2. The highest BCUT2D eigenvalue weighted by Crippen LogP contribution is 2.49. The van der Waals surface area contributed by atoms with Crippen LogP contribution in [-0.2, 0) is 40.0 Å². The summed E-state index contributed by atoms with van der Waals surface area (Å²) in [5.41, 5.74) is 1.76. The Balaban J connectivity index is 1.23. The van der Waals surface area contributed by atoms with Crippen molar-refractivity contribution < 1.29 is 41.0 Å². The topological polar surface area (TPSA) is 182 Å². The third kappa shape index (κ3) is 6.82. The number of methoxy groups -OCH3 is 1. The molecule has 0 radical (unpaired) electrons. The van der Waals surface area contributed by atoms with E-state index in [-0.39, 0.29) is 36.2 Å². The lowest BCUT2D eigenvalue weighted by Crippen LogP contribution is -2.34. The van der Waals surface area contributed by atoms with Gasteiger partial charge >= 0.3 is 13.7 Å². The summed E-state index contributed by atoms with van der Waals surface area (Å²) in [7, 11) is -6.37. The van der Waals surface area contributed by atoms with Crippen LogP contribution in [0.15, 0.2) is 55.1 Å². The molecule has 2 aromatic carbocycles. The standard InChI is InChI=1S/C28H30ClN6O9PS/c1-16-11-19(43-27(16)35-15-32-24-25(34-46(3,38)39)30-14-31-26(24)35)12-42-45(37,44-18-9-7-17(29)8-10-18)33-23-20-5-4-6-22(40-2)21(20)13-41-28(23)36/h4-10,14-16,19,23,27H,11-13H2,1-3H3,(H,33,37)(H,30,31,34). The zero-order chi connectivity index (χ0) is 32.6. The van der Waals surface area contributed by atoms with Gasteiger partial charge in [0.1, 0.15) is 36.7 Å². The van der Waals surface area contributed by atoms with E-state index in [1.807, 2.05) is 6.92 Å². The number of imidazole rings is 1. The maximum absolute atomic E-state index is 14.3. The maximum atomic E-state index is 14.3. The predicted octanol–water partition coefficient (Wildman–Crippen LogP) is 4.37. The second-order valence-corrected chi connectivity index (χ2v) is 14.7. The van der Waals surface area contributed by atoms with Gasteiger partial charge in [0.2, 0.25) is 10.0 Å². The van der Waals surface area contributed by atoms with Crippen molar-refractivity contribution >= 4 is 52.3 Å². The number of aromatic nitrogens is 4. The van der Waals surface area contributed by atoms with Crippen LogP contribution in [0.2, 0.25) is 5.02 Å². The molecule has 2 N–H and O–H groups in total. The summed E-state index contributed by atoms with van der Waals surface area (Å²) >= 11 is 6.03. The highest BCUT2D eigenvalue weighted by atomic mass is 35.5. The van der Waals surface area contributed by atoms with Gasteiger partial charge in [-0.15, -0.1) is 0 Å². The molecule has 0 aliphatic carbocycles. The van der Waals surface area contributed by atoms with Crippen LogP contribution in [0, 0.1) is 5.92 Å². The number of anilines is 1. The monoisotopic (exact) mass is 692 g/mol. The molecule has 2 aliphatic rings. The second-order valence-electron chi connectivity index (χ2n) is 10.8. The summed E-state index contributed by atoms with van der Waals surface area (Å²) in [6.07, 6.45) is 3.12. The molecular weight excluding hydrogens is 663 g/mol. The molecule has 244 valence electrons. The van der Waals surface area contributed by atoms with Crippen LogP contribution in [0.4, 0.5) is 5.82 Å². The highest BCUT2D eigenvalue weighted by Gasteiger charge is 2.42. The minimum absolute atomic E-state index is 0.00554. The second kappa shape index (κ2) is 12.8. The molecule has 18 heteroatoms. The average molecular weight is 693 g/mol. The van der Waals surface area contributed by atoms with E-state index in [1.165, 1.54) is 31.9 Å². The fraction of sp³-hybridized carbons (Fsp3) is 0.357. The number of halogens is 1. The number of sulfonamides is 1. The minimum atomic E-state index is -4.28. The molecule has 0 bridgehead atoms. The molecule has 4 heterocycles. The quantitative estimate of drug-likeness (QED) is 0.167. The number of carbonyl (C=O) groups is 1. The Morgan fingerprint density at radius 2 is 1.93 bits per heavy atom. The third-order valence-electron chi connectivity index (χ3n) is 7.42. The van der Waals surface area contributed by atoms with Crippen molar-refractivity contribution in [2.45, 2.75) is 38.3 Å². The summed E-state index contributed by atoms with van der Waals surface area (Å²) in [5.74, 6) is 0.0147. The van der Waals surface area contributed by atoms with E-state index in [0.29, 0.717) is 34.0 Å². The van der Waals surface area contributed by atoms with Gasteiger partial charge in [0.05, 0.1) is 32.4 Å². The Bertz CT molecular complexity index is 1930. The molecular formula is C28H30ClN6O9PS. The van der Waals surface area contributed by atoms with Crippen LogP contribution in [0.1, 0.15) is 36.7 Å². The number of cyclic esters (lactones) is 1. The lowest BCUT2D eigenvalue weighted by Gasteiger charge is -2.29. The number of nitrogens with one attached hydrogen (secondary N) is 2. The molecule has 5 atom stereocenters. The Labute approximate surface area is 269 Å². The van der Waals surface area contributed by atoms with Gasteiger partial charge in [0, 0.05) is 16.5 Å². The first-order chi connectivity index (χ1) is 21.9. The van der Waals surface area contributed by atoms with E-state index >= 15 is 0 Å². The number of rotatable bonds is 11. The van der Waals surface area contributed by atoms with Gasteiger partial charge in [0.25, 0.3) is 0 Å². The first-order valence-corrected chi connectivity index (χ1v) is 17.8. The SMILES string of the molecule is COc1cccc2c1COC(=O)C2NP(=O)(OCC1CC(C)C(n2cnc3c(NS(C)(=O)=O)ncnc32)O1)Oc1ccc(Cl)cc1. The highest BCUT2D eigenvalue weighted by molar-refractivity contribution is 7.92. The van der Waals surface area contributed by atoms with Gasteiger partial charge in [-0.2, -0.15) is 5.09 Å². The molecule has 0 saturated carbocycles. The van der Waals surface area contributed by atoms with Crippen LogP contribution >= 0.6 is 19.3 Å². The Kier molecular flexibility index (Phi) is 8.93. The number of nitrogens with zero attached hydrogens (tertiary/aromatic N) is 4. The first-order valence-electron chi connectivity index (χ1n) is 14.0. The molecule has 1 saturated heterocycles. The summed E-state index contributed by atoms with van der Waals surface area (Å²) in [6.45, 7) is 1.78.